The van der Waals surface area contributed by atoms with Crippen molar-refractivity contribution < 1.29 is 9.59 Å². The molecule has 1 aliphatic carbocycles. The fourth-order valence-corrected chi connectivity index (χ4v) is 4.64. The molecule has 2 aliphatic heterocycles. The first-order chi connectivity index (χ1) is 12.1. The number of benzene rings is 1. The van der Waals surface area contributed by atoms with Crippen LogP contribution in [0.5, 0.6) is 0 Å². The molecule has 0 radical (unpaired) electrons. The highest BCUT2D eigenvalue weighted by Gasteiger charge is 2.38. The number of fused-ring (bicyclic) bond motifs is 1. The van der Waals surface area contributed by atoms with Gasteiger partial charge < -0.3 is 15.1 Å². The van der Waals surface area contributed by atoms with Crippen LogP contribution in [0, 0.1) is 11.8 Å². The highest BCUT2D eigenvalue weighted by molar-refractivity contribution is 5.95. The molecule has 2 saturated heterocycles. The Hall–Kier alpha value is -2.04. The summed E-state index contributed by atoms with van der Waals surface area (Å²) in [7, 11) is 0. The minimum atomic E-state index is -0.0643. The quantitative estimate of drug-likeness (QED) is 0.917. The molecule has 25 heavy (non-hydrogen) atoms. The summed E-state index contributed by atoms with van der Waals surface area (Å²) in [6, 6.07) is 7.98. The molecule has 1 N–H and O–H groups in total. The minimum Gasteiger partial charge on any atom is -0.331 e. The molecule has 134 valence electrons. The van der Waals surface area contributed by atoms with E-state index in [2.05, 4.69) is 5.32 Å². The highest BCUT2D eigenvalue weighted by Crippen LogP contribution is 2.37. The maximum Gasteiger partial charge on any atom is 0.317 e. The first-order valence-corrected chi connectivity index (χ1v) is 9.57. The number of hydrogen-bond donors (Lipinski definition) is 1. The summed E-state index contributed by atoms with van der Waals surface area (Å²) in [6.07, 6.45) is 5.43. The summed E-state index contributed by atoms with van der Waals surface area (Å²) in [5, 5.41) is 3.14. The molecule has 4 rings (SSSR count). The second kappa shape index (κ2) is 6.70. The third-order valence-corrected chi connectivity index (χ3v) is 6.11. The molecule has 2 heterocycles. The second-order valence-electron chi connectivity index (χ2n) is 7.77. The Morgan fingerprint density at radius 1 is 1.20 bits per heavy atom. The van der Waals surface area contributed by atoms with Crippen LogP contribution in [0.1, 0.15) is 50.6 Å². The van der Waals surface area contributed by atoms with Crippen molar-refractivity contribution in [2.75, 3.05) is 24.5 Å². The zero-order valence-corrected chi connectivity index (χ0v) is 14.9. The van der Waals surface area contributed by atoms with Gasteiger partial charge in [-0.2, -0.15) is 0 Å². The summed E-state index contributed by atoms with van der Waals surface area (Å²) in [5.74, 6) is 1.62. The maximum atomic E-state index is 12.6. The van der Waals surface area contributed by atoms with Crippen molar-refractivity contribution >= 4 is 17.6 Å². The molecule has 0 aromatic heterocycles. The maximum absolute atomic E-state index is 12.6. The van der Waals surface area contributed by atoms with E-state index in [4.69, 9.17) is 0 Å². The average molecular weight is 341 g/mol. The largest absolute Gasteiger partial charge is 0.331 e. The third-order valence-electron chi connectivity index (χ3n) is 6.11. The molecule has 0 unspecified atom stereocenters. The van der Waals surface area contributed by atoms with Gasteiger partial charge in [-0.15, -0.1) is 0 Å². The normalized spacial score (nSPS) is 26.8. The zero-order valence-electron chi connectivity index (χ0n) is 14.9. The van der Waals surface area contributed by atoms with Crippen molar-refractivity contribution in [3.8, 4) is 0 Å². The third kappa shape index (κ3) is 3.24. The number of urea groups is 1. The molecule has 3 aliphatic rings. The Morgan fingerprint density at radius 3 is 2.64 bits per heavy atom. The number of carbonyl (C=O) groups excluding carboxylic acids is 2. The van der Waals surface area contributed by atoms with Gasteiger partial charge in [0.15, 0.2) is 0 Å². The molecule has 1 aromatic rings. The molecular weight excluding hydrogens is 314 g/mol. The van der Waals surface area contributed by atoms with E-state index in [1.54, 1.807) is 0 Å². The highest BCUT2D eigenvalue weighted by atomic mass is 16.2. The lowest BCUT2D eigenvalue weighted by molar-refractivity contribution is -0.117. The molecule has 5 nitrogen and oxygen atoms in total. The van der Waals surface area contributed by atoms with Crippen molar-refractivity contribution in [1.82, 2.24) is 10.2 Å². The van der Waals surface area contributed by atoms with Gasteiger partial charge in [-0.05, 0) is 55.7 Å². The molecule has 1 aromatic carbocycles. The first kappa shape index (κ1) is 16.4. The Balaban J connectivity index is 1.40. The molecule has 1 saturated carbocycles. The van der Waals surface area contributed by atoms with E-state index in [1.165, 1.54) is 19.3 Å². The fraction of sp³-hybridized carbons (Fsp3) is 0.600. The lowest BCUT2D eigenvalue weighted by atomic mass is 10.0. The lowest BCUT2D eigenvalue weighted by Crippen LogP contribution is -2.40. The summed E-state index contributed by atoms with van der Waals surface area (Å²) >= 11 is 0. The number of hydrogen-bond acceptors (Lipinski definition) is 2. The number of rotatable bonds is 3. The van der Waals surface area contributed by atoms with Crippen LogP contribution >= 0.6 is 0 Å². The van der Waals surface area contributed by atoms with Crippen LogP contribution in [-0.2, 0) is 4.79 Å². The first-order valence-electron chi connectivity index (χ1n) is 9.57. The predicted octanol–water partition coefficient (Wildman–Crippen LogP) is 3.32. The average Bonchev–Trinajstić information content (AvgIpc) is 3.30. The van der Waals surface area contributed by atoms with Crippen molar-refractivity contribution in [2.24, 2.45) is 11.8 Å². The minimum absolute atomic E-state index is 0.0459. The van der Waals surface area contributed by atoms with Gasteiger partial charge in [0.1, 0.15) is 0 Å². The van der Waals surface area contributed by atoms with Gasteiger partial charge >= 0.3 is 6.03 Å². The number of nitrogens with zero attached hydrogens (tertiary/aromatic N) is 2. The summed E-state index contributed by atoms with van der Waals surface area (Å²) in [6.45, 7) is 4.62. The van der Waals surface area contributed by atoms with Crippen molar-refractivity contribution in [1.29, 1.82) is 0 Å². The van der Waals surface area contributed by atoms with Gasteiger partial charge in [-0.3, -0.25) is 4.79 Å². The topological polar surface area (TPSA) is 52.7 Å². The Kier molecular flexibility index (Phi) is 4.40. The fourth-order valence-electron chi connectivity index (χ4n) is 4.64. The van der Waals surface area contributed by atoms with Gasteiger partial charge in [0.05, 0.1) is 6.04 Å². The van der Waals surface area contributed by atoms with Crippen LogP contribution in [0.25, 0.3) is 0 Å². The van der Waals surface area contributed by atoms with Crippen molar-refractivity contribution in [2.45, 2.75) is 45.1 Å². The van der Waals surface area contributed by atoms with E-state index in [0.717, 1.165) is 37.3 Å². The molecule has 3 amide bonds. The number of carbonyl (C=O) groups is 2. The van der Waals surface area contributed by atoms with Gasteiger partial charge in [0.25, 0.3) is 0 Å². The molecule has 3 atom stereocenters. The summed E-state index contributed by atoms with van der Waals surface area (Å²) < 4.78 is 0. The SMILES string of the molecule is C[C@H](NC(=O)N1C[C@@H]2CCC[C@H]2C1)c1cccc(N2CCCC2=O)c1. The van der Waals surface area contributed by atoms with Gasteiger partial charge in [0.2, 0.25) is 5.91 Å². The lowest BCUT2D eigenvalue weighted by Gasteiger charge is -2.23. The second-order valence-corrected chi connectivity index (χ2v) is 7.77. The molecule has 0 bridgehead atoms. The van der Waals surface area contributed by atoms with E-state index in [-0.39, 0.29) is 18.0 Å². The molecule has 5 heteroatoms. The van der Waals surface area contributed by atoms with Gasteiger partial charge in [-0.25, -0.2) is 4.79 Å². The van der Waals surface area contributed by atoms with Crippen LogP contribution in [0.3, 0.4) is 0 Å². The number of likely N-dealkylation sites (tertiary alicyclic amines) is 1. The van der Waals surface area contributed by atoms with E-state index in [1.807, 2.05) is 41.0 Å². The standard InChI is InChI=1S/C20H27N3O2/c1-14(21-20(25)22-12-16-6-2-7-17(16)13-22)15-5-3-8-18(11-15)23-10-4-9-19(23)24/h3,5,8,11,14,16-17H,2,4,6-7,9-10,12-13H2,1H3,(H,21,25)/t14-,16-,17-/m0/s1. The van der Waals surface area contributed by atoms with Crippen molar-refractivity contribution in [3.05, 3.63) is 29.8 Å². The van der Waals surface area contributed by atoms with Crippen LogP contribution < -0.4 is 10.2 Å². The summed E-state index contributed by atoms with van der Waals surface area (Å²) in [4.78, 5) is 28.4. The van der Waals surface area contributed by atoms with Crippen LogP contribution in [0.4, 0.5) is 10.5 Å². The Labute approximate surface area is 149 Å². The van der Waals surface area contributed by atoms with Crippen molar-refractivity contribution in [3.63, 3.8) is 0 Å². The van der Waals surface area contributed by atoms with Gasteiger partial charge in [-0.1, -0.05) is 18.6 Å². The van der Waals surface area contributed by atoms with Crippen LogP contribution in [0.15, 0.2) is 24.3 Å². The summed E-state index contributed by atoms with van der Waals surface area (Å²) in [5.41, 5.74) is 1.99. The van der Waals surface area contributed by atoms with E-state index in [0.29, 0.717) is 18.3 Å². The van der Waals surface area contributed by atoms with E-state index >= 15 is 0 Å². The Morgan fingerprint density at radius 2 is 1.96 bits per heavy atom. The number of nitrogens with one attached hydrogen (secondary N) is 1. The Bertz CT molecular complexity index is 663. The van der Waals surface area contributed by atoms with E-state index < -0.39 is 0 Å². The zero-order chi connectivity index (χ0) is 17.4. The number of anilines is 1. The smallest absolute Gasteiger partial charge is 0.317 e. The molecule has 3 fully saturated rings. The number of amides is 3. The van der Waals surface area contributed by atoms with Crippen LogP contribution in [0.2, 0.25) is 0 Å². The van der Waals surface area contributed by atoms with Crippen LogP contribution in [-0.4, -0.2) is 36.5 Å². The van der Waals surface area contributed by atoms with E-state index in [9.17, 15) is 9.59 Å². The molecule has 0 spiro atoms. The monoisotopic (exact) mass is 341 g/mol. The predicted molar refractivity (Wildman–Crippen MR) is 97.4 cm³/mol. The van der Waals surface area contributed by atoms with Gasteiger partial charge in [0, 0.05) is 31.7 Å². The molecular formula is C20H27N3O2.